The van der Waals surface area contributed by atoms with Gasteiger partial charge in [0.1, 0.15) is 12.7 Å². The molecule has 0 amide bonds. The number of morpholine rings is 1. The van der Waals surface area contributed by atoms with Crippen LogP contribution >= 0.6 is 0 Å². The fraction of sp³-hybridized carbons (Fsp3) is 0.455. The highest BCUT2D eigenvalue weighted by Gasteiger charge is 2.14. The van der Waals surface area contributed by atoms with E-state index in [0.717, 1.165) is 25.3 Å². The third kappa shape index (κ3) is 2.37. The summed E-state index contributed by atoms with van der Waals surface area (Å²) in [6.45, 7) is 3.00. The van der Waals surface area contributed by atoms with E-state index in [4.69, 9.17) is 9.47 Å². The first-order valence-electron chi connectivity index (χ1n) is 5.67. The number of hydrogen-bond acceptors (Lipinski definition) is 5. The molecule has 3 rings (SSSR count). The highest BCUT2D eigenvalue weighted by atomic mass is 16.5. The maximum atomic E-state index is 5.61. The largest absolute Gasteiger partial charge is 0.475 e. The minimum atomic E-state index is 0.103. The molecule has 1 aliphatic rings. The molecule has 1 unspecified atom stereocenters. The average molecular weight is 234 g/mol. The Kier molecular flexibility index (Phi) is 2.89. The summed E-state index contributed by atoms with van der Waals surface area (Å²) in [5, 5.41) is 7.33. The number of nitrogens with zero attached hydrogens (tertiary/aromatic N) is 3. The van der Waals surface area contributed by atoms with E-state index in [1.165, 1.54) is 0 Å². The Morgan fingerprint density at radius 1 is 1.53 bits per heavy atom. The Bertz CT molecular complexity index is 493. The Labute approximate surface area is 98.6 Å². The molecule has 0 saturated carbocycles. The van der Waals surface area contributed by atoms with Crippen molar-refractivity contribution in [2.45, 2.75) is 6.10 Å². The Hall–Kier alpha value is -1.66. The number of hydrogen-bond donors (Lipinski definition) is 1. The molecule has 1 N–H and O–H groups in total. The monoisotopic (exact) mass is 234 g/mol. The average Bonchev–Trinajstić information content (AvgIpc) is 2.85. The molecule has 2 aromatic heterocycles. The van der Waals surface area contributed by atoms with E-state index in [9.17, 15) is 0 Å². The van der Waals surface area contributed by atoms with Crippen molar-refractivity contribution in [3.8, 4) is 5.88 Å². The van der Waals surface area contributed by atoms with Crippen LogP contribution in [0.4, 0.5) is 0 Å². The number of aromatic nitrogens is 3. The van der Waals surface area contributed by atoms with Gasteiger partial charge in [0.15, 0.2) is 5.65 Å². The molecule has 3 heterocycles. The lowest BCUT2D eigenvalue weighted by Crippen LogP contribution is -2.41. The van der Waals surface area contributed by atoms with Crippen molar-refractivity contribution in [3.63, 3.8) is 0 Å². The normalized spacial score (nSPS) is 20.6. The van der Waals surface area contributed by atoms with Crippen molar-refractivity contribution >= 4 is 5.65 Å². The summed E-state index contributed by atoms with van der Waals surface area (Å²) in [7, 11) is 0. The second-order valence-corrected chi connectivity index (χ2v) is 3.91. The molecular weight excluding hydrogens is 220 g/mol. The zero-order valence-electron chi connectivity index (χ0n) is 9.37. The van der Waals surface area contributed by atoms with Crippen molar-refractivity contribution in [3.05, 3.63) is 24.5 Å². The molecule has 0 aromatic carbocycles. The lowest BCUT2D eigenvalue weighted by atomic mass is 10.3. The van der Waals surface area contributed by atoms with E-state index >= 15 is 0 Å². The molecule has 6 nitrogen and oxygen atoms in total. The van der Waals surface area contributed by atoms with Crippen LogP contribution in [0.1, 0.15) is 0 Å². The molecule has 0 bridgehead atoms. The summed E-state index contributed by atoms with van der Waals surface area (Å²) >= 11 is 0. The molecule has 1 aliphatic heterocycles. The Morgan fingerprint density at radius 2 is 2.53 bits per heavy atom. The van der Waals surface area contributed by atoms with Crippen molar-refractivity contribution < 1.29 is 9.47 Å². The van der Waals surface area contributed by atoms with Crippen molar-refractivity contribution in [2.75, 3.05) is 26.3 Å². The standard InChI is InChI=1S/C11H14N4O2/c1-3-13-15-5-2-11(14-10(1)15)17-8-9-7-12-4-6-16-9/h1-3,5,9,12H,4,6-8H2. The van der Waals surface area contributed by atoms with Gasteiger partial charge in [0.2, 0.25) is 5.88 Å². The molecule has 90 valence electrons. The van der Waals surface area contributed by atoms with Gasteiger partial charge < -0.3 is 14.8 Å². The molecule has 1 saturated heterocycles. The van der Waals surface area contributed by atoms with Gasteiger partial charge in [-0.2, -0.15) is 10.1 Å². The molecule has 0 radical (unpaired) electrons. The SMILES string of the molecule is c1cc2nc(OCC3CNCCO3)ccn2n1. The third-order valence-electron chi connectivity index (χ3n) is 2.65. The molecule has 0 spiro atoms. The van der Waals surface area contributed by atoms with Gasteiger partial charge in [-0.25, -0.2) is 4.52 Å². The first kappa shape index (κ1) is 10.5. The molecule has 0 aliphatic carbocycles. The summed E-state index contributed by atoms with van der Waals surface area (Å²) in [5.41, 5.74) is 0.783. The van der Waals surface area contributed by atoms with Crippen LogP contribution in [0.15, 0.2) is 24.5 Å². The van der Waals surface area contributed by atoms with E-state index in [1.54, 1.807) is 16.8 Å². The lowest BCUT2D eigenvalue weighted by Gasteiger charge is -2.23. The predicted octanol–water partition coefficient (Wildman–Crippen LogP) is 0.0965. The zero-order valence-corrected chi connectivity index (χ0v) is 9.37. The molecule has 1 atom stereocenters. The van der Waals surface area contributed by atoms with Gasteiger partial charge >= 0.3 is 0 Å². The van der Waals surface area contributed by atoms with Gasteiger partial charge in [0.05, 0.1) is 12.8 Å². The van der Waals surface area contributed by atoms with E-state index in [2.05, 4.69) is 15.4 Å². The minimum Gasteiger partial charge on any atom is -0.475 e. The van der Waals surface area contributed by atoms with Gasteiger partial charge in [-0.1, -0.05) is 0 Å². The van der Waals surface area contributed by atoms with Crippen LogP contribution in [0.5, 0.6) is 5.88 Å². The fourth-order valence-electron chi connectivity index (χ4n) is 1.78. The number of fused-ring (bicyclic) bond motifs is 1. The smallest absolute Gasteiger partial charge is 0.216 e. The zero-order chi connectivity index (χ0) is 11.5. The van der Waals surface area contributed by atoms with Crippen LogP contribution in [0, 0.1) is 0 Å². The van der Waals surface area contributed by atoms with Gasteiger partial charge in [-0.3, -0.25) is 0 Å². The number of ether oxygens (including phenoxy) is 2. The molecule has 17 heavy (non-hydrogen) atoms. The Balaban J connectivity index is 1.63. The topological polar surface area (TPSA) is 60.7 Å². The summed E-state index contributed by atoms with van der Waals surface area (Å²) in [6.07, 6.45) is 3.64. The molecule has 2 aromatic rings. The summed E-state index contributed by atoms with van der Waals surface area (Å²) in [4.78, 5) is 4.32. The molecule has 1 fully saturated rings. The predicted molar refractivity (Wildman–Crippen MR) is 61.1 cm³/mol. The molecule has 6 heteroatoms. The van der Waals surface area contributed by atoms with Crippen molar-refractivity contribution in [1.29, 1.82) is 0 Å². The van der Waals surface area contributed by atoms with Crippen LogP contribution in [0.25, 0.3) is 5.65 Å². The van der Waals surface area contributed by atoms with Crippen LogP contribution in [-0.2, 0) is 4.74 Å². The Morgan fingerprint density at radius 3 is 3.41 bits per heavy atom. The third-order valence-corrected chi connectivity index (χ3v) is 2.65. The highest BCUT2D eigenvalue weighted by molar-refractivity contribution is 5.37. The highest BCUT2D eigenvalue weighted by Crippen LogP contribution is 2.09. The fourth-order valence-corrected chi connectivity index (χ4v) is 1.78. The van der Waals surface area contributed by atoms with Crippen LogP contribution < -0.4 is 10.1 Å². The van der Waals surface area contributed by atoms with E-state index in [-0.39, 0.29) is 6.10 Å². The maximum absolute atomic E-state index is 5.61. The second kappa shape index (κ2) is 4.68. The van der Waals surface area contributed by atoms with E-state index in [1.807, 2.05) is 12.3 Å². The van der Waals surface area contributed by atoms with Gasteiger partial charge in [-0.15, -0.1) is 0 Å². The quantitative estimate of drug-likeness (QED) is 0.816. The van der Waals surface area contributed by atoms with Crippen molar-refractivity contribution in [1.82, 2.24) is 19.9 Å². The second-order valence-electron chi connectivity index (χ2n) is 3.91. The molecular formula is C11H14N4O2. The lowest BCUT2D eigenvalue weighted by molar-refractivity contribution is -0.000713. The summed E-state index contributed by atoms with van der Waals surface area (Å²) in [5.74, 6) is 0.604. The van der Waals surface area contributed by atoms with Crippen LogP contribution in [-0.4, -0.2) is 47.0 Å². The van der Waals surface area contributed by atoms with E-state index in [0.29, 0.717) is 12.5 Å². The van der Waals surface area contributed by atoms with E-state index < -0.39 is 0 Å². The van der Waals surface area contributed by atoms with Crippen LogP contribution in [0.2, 0.25) is 0 Å². The van der Waals surface area contributed by atoms with Gasteiger partial charge in [0, 0.05) is 31.4 Å². The maximum Gasteiger partial charge on any atom is 0.216 e. The number of nitrogens with one attached hydrogen (secondary N) is 1. The number of rotatable bonds is 3. The van der Waals surface area contributed by atoms with Crippen molar-refractivity contribution in [2.24, 2.45) is 0 Å². The summed E-state index contributed by atoms with van der Waals surface area (Å²) < 4.78 is 12.8. The first-order chi connectivity index (χ1) is 8.42. The minimum absolute atomic E-state index is 0.103. The van der Waals surface area contributed by atoms with Gasteiger partial charge in [-0.05, 0) is 0 Å². The van der Waals surface area contributed by atoms with Crippen LogP contribution in [0.3, 0.4) is 0 Å². The van der Waals surface area contributed by atoms with Gasteiger partial charge in [0.25, 0.3) is 0 Å². The first-order valence-corrected chi connectivity index (χ1v) is 5.67. The summed E-state index contributed by atoms with van der Waals surface area (Å²) in [6, 6.07) is 3.64.